The van der Waals surface area contributed by atoms with Crippen molar-refractivity contribution in [2.24, 2.45) is 0 Å². The molecule has 0 heterocycles. The van der Waals surface area contributed by atoms with Gasteiger partial charge in [0.2, 0.25) is 0 Å². The lowest BCUT2D eigenvalue weighted by atomic mass is 9.93. The van der Waals surface area contributed by atoms with Crippen LogP contribution in [-0.4, -0.2) is 31.0 Å². The van der Waals surface area contributed by atoms with E-state index in [0.29, 0.717) is 12.1 Å². The Labute approximate surface area is 222 Å². The Kier molecular flexibility index (Phi) is 10.1. The predicted molar refractivity (Wildman–Crippen MR) is 126 cm³/mol. The molecular weight excluding hydrogens is 570 g/mol. The Balaban J connectivity index is 2.42. The first kappa shape index (κ1) is 32.4. The van der Waals surface area contributed by atoms with E-state index in [-0.39, 0.29) is 33.9 Å². The molecule has 39 heavy (non-hydrogen) atoms. The summed E-state index contributed by atoms with van der Waals surface area (Å²) in [6.45, 7) is 3.45. The largest absolute Gasteiger partial charge is 0.417 e. The fourth-order valence-electron chi connectivity index (χ4n) is 3.66. The number of carbonyl (C=O) groups is 1. The van der Waals surface area contributed by atoms with Crippen LogP contribution in [0.1, 0.15) is 57.4 Å². The average Bonchev–Trinajstić information content (AvgIpc) is 2.77. The van der Waals surface area contributed by atoms with E-state index >= 15 is 0 Å². The van der Waals surface area contributed by atoms with Crippen molar-refractivity contribution in [3.63, 3.8) is 0 Å². The average molecular weight is 593 g/mol. The molecule has 2 unspecified atom stereocenters. The third kappa shape index (κ3) is 9.13. The second-order valence-electron chi connectivity index (χ2n) is 8.78. The van der Waals surface area contributed by atoms with Gasteiger partial charge in [-0.05, 0) is 55.7 Å². The molecule has 0 saturated carbocycles. The number of hydrogen-bond acceptors (Lipinski definition) is 2. The van der Waals surface area contributed by atoms with Crippen molar-refractivity contribution < 1.29 is 48.7 Å². The summed E-state index contributed by atoms with van der Waals surface area (Å²) in [6.07, 6.45) is -17.0. The summed E-state index contributed by atoms with van der Waals surface area (Å²) in [4.78, 5) is 12.4. The molecule has 0 fully saturated rings. The van der Waals surface area contributed by atoms with Crippen molar-refractivity contribution in [2.45, 2.75) is 57.8 Å². The second kappa shape index (κ2) is 12.2. The first-order valence-electron chi connectivity index (χ1n) is 11.2. The number of amides is 1. The van der Waals surface area contributed by atoms with Gasteiger partial charge in [0.25, 0.3) is 5.91 Å². The summed E-state index contributed by atoms with van der Waals surface area (Å²) in [5, 5.41) is 4.53. The molecule has 14 heteroatoms. The van der Waals surface area contributed by atoms with Crippen molar-refractivity contribution >= 4 is 23.3 Å². The predicted octanol–water partition coefficient (Wildman–Crippen LogP) is 8.25. The van der Waals surface area contributed by atoms with Crippen molar-refractivity contribution in [2.75, 3.05) is 6.54 Å². The molecule has 0 aliphatic heterocycles. The minimum absolute atomic E-state index is 0.129. The highest BCUT2D eigenvalue weighted by molar-refractivity contribution is 6.32. The van der Waals surface area contributed by atoms with Crippen LogP contribution in [0.5, 0.6) is 0 Å². The summed E-state index contributed by atoms with van der Waals surface area (Å²) in [5.41, 5.74) is -3.33. The van der Waals surface area contributed by atoms with Gasteiger partial charge in [-0.25, -0.2) is 4.39 Å². The van der Waals surface area contributed by atoms with Gasteiger partial charge in [-0.15, -0.1) is 0 Å². The Morgan fingerprint density at radius 3 is 2.03 bits per heavy atom. The van der Waals surface area contributed by atoms with E-state index in [1.54, 1.807) is 0 Å². The molecule has 0 saturated heterocycles. The summed E-state index contributed by atoms with van der Waals surface area (Å²) < 4.78 is 134. The first-order valence-corrected chi connectivity index (χ1v) is 11.6. The zero-order valence-corrected chi connectivity index (χ0v) is 21.4. The van der Waals surface area contributed by atoms with Crippen molar-refractivity contribution in [3.05, 3.63) is 74.8 Å². The summed E-state index contributed by atoms with van der Waals surface area (Å²) in [5.74, 6) is -5.49. The summed E-state index contributed by atoms with van der Waals surface area (Å²) in [6, 6.07) is 3.64. The van der Waals surface area contributed by atoms with Crippen LogP contribution in [0, 0.1) is 13.8 Å². The fraction of sp³-hybridized carbons (Fsp3) is 0.400. The molecule has 2 N–H and O–H groups in total. The van der Waals surface area contributed by atoms with Gasteiger partial charge in [0.15, 0.2) is 0 Å². The zero-order valence-electron chi connectivity index (χ0n) is 20.6. The third-order valence-corrected chi connectivity index (χ3v) is 6.13. The van der Waals surface area contributed by atoms with Gasteiger partial charge < -0.3 is 5.32 Å². The number of nitrogens with one attached hydrogen (secondary N) is 2. The second-order valence-corrected chi connectivity index (χ2v) is 9.15. The number of rotatable bonds is 8. The van der Waals surface area contributed by atoms with Gasteiger partial charge in [0, 0.05) is 17.1 Å². The monoisotopic (exact) mass is 592 g/mol. The highest BCUT2D eigenvalue weighted by atomic mass is 35.5. The van der Waals surface area contributed by atoms with E-state index in [2.05, 4.69) is 5.32 Å². The maximum atomic E-state index is 15.0. The lowest BCUT2D eigenvalue weighted by molar-refractivity contribution is -0.140. The van der Waals surface area contributed by atoms with Crippen molar-refractivity contribution in [1.82, 2.24) is 10.6 Å². The SMILES string of the molecule is Cc1cc(C(/C=C(\F)c2ccc(C(=O)NC(C)NCCC(F)(F)F)c(C(F)(F)F)c2)C(F)(F)F)cc(C)c1Cl. The molecule has 0 spiro atoms. The number of carbonyl (C=O) groups excluding carboxylic acids is 1. The molecular formula is C25H23ClF10N2O. The number of benzene rings is 2. The summed E-state index contributed by atoms with van der Waals surface area (Å²) in [7, 11) is 0. The molecule has 2 aromatic carbocycles. The quantitative estimate of drug-likeness (QED) is 0.239. The molecule has 1 amide bonds. The van der Waals surface area contributed by atoms with Gasteiger partial charge in [-0.3, -0.25) is 10.1 Å². The molecule has 2 aromatic rings. The minimum Gasteiger partial charge on any atom is -0.337 e. The van der Waals surface area contributed by atoms with Gasteiger partial charge >= 0.3 is 18.5 Å². The van der Waals surface area contributed by atoms with E-state index in [4.69, 9.17) is 11.6 Å². The van der Waals surface area contributed by atoms with Crippen LogP contribution in [0.3, 0.4) is 0 Å². The maximum absolute atomic E-state index is 15.0. The van der Waals surface area contributed by atoms with E-state index in [1.165, 1.54) is 20.8 Å². The molecule has 2 rings (SSSR count). The highest BCUT2D eigenvalue weighted by Gasteiger charge is 2.41. The van der Waals surface area contributed by atoms with Crippen LogP contribution in [0.4, 0.5) is 43.9 Å². The molecule has 0 aliphatic carbocycles. The molecule has 3 nitrogen and oxygen atoms in total. The lowest BCUT2D eigenvalue weighted by Gasteiger charge is -2.20. The van der Waals surface area contributed by atoms with Crippen LogP contribution in [0.2, 0.25) is 5.02 Å². The highest BCUT2D eigenvalue weighted by Crippen LogP contribution is 2.41. The third-order valence-electron chi connectivity index (χ3n) is 5.54. The Hall–Kier alpha value is -2.80. The van der Waals surface area contributed by atoms with Gasteiger partial charge in [0.1, 0.15) is 11.7 Å². The standard InChI is InChI=1S/C25H23ClF10N2O/c1-12-8-16(9-13(2)21(12)26)18(24(31,32)33)11-20(27)15-4-5-17(19(10-15)25(34,35)36)22(39)38-14(3)37-7-6-23(28,29)30/h4-5,8-11,14,18,37H,6-7H2,1-3H3,(H,38,39)/b20-11-. The van der Waals surface area contributed by atoms with Crippen LogP contribution >= 0.6 is 11.6 Å². The van der Waals surface area contributed by atoms with E-state index in [1.807, 2.05) is 5.32 Å². The van der Waals surface area contributed by atoms with E-state index in [9.17, 15) is 48.7 Å². The molecule has 0 aromatic heterocycles. The first-order chi connectivity index (χ1) is 17.7. The molecule has 0 radical (unpaired) electrons. The molecule has 2 atom stereocenters. The smallest absolute Gasteiger partial charge is 0.337 e. The van der Waals surface area contributed by atoms with Crippen LogP contribution in [0.25, 0.3) is 5.83 Å². The lowest BCUT2D eigenvalue weighted by Crippen LogP contribution is -2.44. The Morgan fingerprint density at radius 2 is 1.54 bits per heavy atom. The van der Waals surface area contributed by atoms with Crippen molar-refractivity contribution in [1.29, 1.82) is 0 Å². The topological polar surface area (TPSA) is 41.1 Å². The van der Waals surface area contributed by atoms with Gasteiger partial charge in [0.05, 0.1) is 23.7 Å². The molecule has 0 aliphatic rings. The van der Waals surface area contributed by atoms with E-state index < -0.39 is 72.0 Å². The Bertz CT molecular complexity index is 1200. The van der Waals surface area contributed by atoms with Crippen molar-refractivity contribution in [3.8, 4) is 0 Å². The van der Waals surface area contributed by atoms with E-state index in [0.717, 1.165) is 12.1 Å². The van der Waals surface area contributed by atoms with Crippen LogP contribution in [-0.2, 0) is 6.18 Å². The van der Waals surface area contributed by atoms with Crippen LogP contribution < -0.4 is 10.6 Å². The van der Waals surface area contributed by atoms with Gasteiger partial charge in [-0.1, -0.05) is 29.8 Å². The Morgan fingerprint density at radius 1 is 0.974 bits per heavy atom. The molecule has 216 valence electrons. The zero-order chi connectivity index (χ0) is 29.9. The van der Waals surface area contributed by atoms with Gasteiger partial charge in [-0.2, -0.15) is 39.5 Å². The number of alkyl halides is 9. The number of hydrogen-bond donors (Lipinski definition) is 2. The number of aryl methyl sites for hydroxylation is 2. The number of allylic oxidation sites excluding steroid dienone is 1. The minimum atomic E-state index is -5.22. The summed E-state index contributed by atoms with van der Waals surface area (Å²) >= 11 is 5.99. The number of halogens is 11. The normalized spacial score (nSPS) is 14.8. The maximum Gasteiger partial charge on any atom is 0.417 e. The van der Waals surface area contributed by atoms with Crippen LogP contribution in [0.15, 0.2) is 36.4 Å². The fourth-order valence-corrected chi connectivity index (χ4v) is 3.77. The molecule has 0 bridgehead atoms.